The van der Waals surface area contributed by atoms with E-state index in [9.17, 15) is 9.59 Å². The molecule has 0 aromatic heterocycles. The highest BCUT2D eigenvalue weighted by molar-refractivity contribution is 6.30. The molecule has 0 aliphatic heterocycles. The average Bonchev–Trinajstić information content (AvgIpc) is 2.56. The van der Waals surface area contributed by atoms with Gasteiger partial charge in [-0.3, -0.25) is 14.5 Å². The van der Waals surface area contributed by atoms with Crippen molar-refractivity contribution in [2.75, 3.05) is 30.8 Å². The summed E-state index contributed by atoms with van der Waals surface area (Å²) in [7, 11) is 1.82. The van der Waals surface area contributed by atoms with Crippen molar-refractivity contribution >= 4 is 34.8 Å². The zero-order valence-corrected chi connectivity index (χ0v) is 16.1. The summed E-state index contributed by atoms with van der Waals surface area (Å²) in [6.45, 7) is 4.63. The van der Waals surface area contributed by atoms with Crippen molar-refractivity contribution in [2.24, 2.45) is 0 Å². The van der Waals surface area contributed by atoms with Gasteiger partial charge in [-0.2, -0.15) is 0 Å². The maximum Gasteiger partial charge on any atom is 0.238 e. The molecule has 2 rings (SSSR count). The zero-order valence-electron chi connectivity index (χ0n) is 15.3. The minimum atomic E-state index is -0.116. The van der Waals surface area contributed by atoms with Crippen LogP contribution in [0.4, 0.5) is 11.4 Å². The summed E-state index contributed by atoms with van der Waals surface area (Å²) in [6, 6.07) is 12.9. The first-order chi connectivity index (χ1) is 12.3. The zero-order chi connectivity index (χ0) is 19.1. The fraction of sp³-hybridized carbons (Fsp3) is 0.300. The Morgan fingerprint density at radius 3 is 2.31 bits per heavy atom. The van der Waals surface area contributed by atoms with E-state index < -0.39 is 0 Å². The first-order valence-electron chi connectivity index (χ1n) is 8.45. The molecule has 5 nitrogen and oxygen atoms in total. The predicted molar refractivity (Wildman–Crippen MR) is 107 cm³/mol. The molecule has 0 spiro atoms. The van der Waals surface area contributed by atoms with Crippen LogP contribution in [-0.4, -0.2) is 36.9 Å². The fourth-order valence-electron chi connectivity index (χ4n) is 2.60. The van der Waals surface area contributed by atoms with Crippen LogP contribution in [0.3, 0.4) is 0 Å². The third kappa shape index (κ3) is 6.17. The molecule has 0 aliphatic rings. The third-order valence-corrected chi connectivity index (χ3v) is 4.22. The number of likely N-dealkylation sites (N-methyl/N-ethyl adjacent to an activating group) is 1. The van der Waals surface area contributed by atoms with Crippen LogP contribution in [0.25, 0.3) is 0 Å². The van der Waals surface area contributed by atoms with Gasteiger partial charge >= 0.3 is 0 Å². The van der Waals surface area contributed by atoms with Crippen LogP contribution in [0, 0.1) is 13.8 Å². The number of carbonyl (C=O) groups is 2. The lowest BCUT2D eigenvalue weighted by atomic mass is 10.1. The molecule has 0 saturated carbocycles. The monoisotopic (exact) mass is 373 g/mol. The third-order valence-electron chi connectivity index (χ3n) is 3.99. The van der Waals surface area contributed by atoms with Crippen molar-refractivity contribution < 1.29 is 9.59 Å². The van der Waals surface area contributed by atoms with E-state index >= 15 is 0 Å². The number of carbonyl (C=O) groups excluding carboxylic acids is 2. The number of aryl methyl sites for hydroxylation is 2. The first-order valence-corrected chi connectivity index (χ1v) is 8.83. The van der Waals surface area contributed by atoms with E-state index in [1.165, 1.54) is 0 Å². The molecule has 0 bridgehead atoms. The van der Waals surface area contributed by atoms with E-state index in [1.54, 1.807) is 24.3 Å². The molecule has 0 fully saturated rings. The van der Waals surface area contributed by atoms with Crippen molar-refractivity contribution in [1.82, 2.24) is 4.90 Å². The number of hydrogen-bond donors (Lipinski definition) is 2. The second kappa shape index (κ2) is 9.36. The van der Waals surface area contributed by atoms with Crippen molar-refractivity contribution in [3.63, 3.8) is 0 Å². The molecular formula is C20H24ClN3O2. The first kappa shape index (κ1) is 19.9. The summed E-state index contributed by atoms with van der Waals surface area (Å²) in [4.78, 5) is 26.1. The van der Waals surface area contributed by atoms with E-state index in [4.69, 9.17) is 11.6 Å². The van der Waals surface area contributed by atoms with Crippen LogP contribution in [0.2, 0.25) is 5.02 Å². The van der Waals surface area contributed by atoms with Gasteiger partial charge < -0.3 is 10.6 Å². The highest BCUT2D eigenvalue weighted by atomic mass is 35.5. The smallest absolute Gasteiger partial charge is 0.238 e. The largest absolute Gasteiger partial charge is 0.326 e. The predicted octanol–water partition coefficient (Wildman–Crippen LogP) is 3.86. The summed E-state index contributed by atoms with van der Waals surface area (Å²) >= 11 is 5.90. The molecule has 2 aromatic rings. The Morgan fingerprint density at radius 1 is 1.00 bits per heavy atom. The minimum absolute atomic E-state index is 0.0971. The van der Waals surface area contributed by atoms with Gasteiger partial charge in [-0.05, 0) is 50.2 Å². The van der Waals surface area contributed by atoms with Crippen LogP contribution in [-0.2, 0) is 9.59 Å². The number of anilines is 2. The minimum Gasteiger partial charge on any atom is -0.326 e. The van der Waals surface area contributed by atoms with Gasteiger partial charge in [-0.1, -0.05) is 35.9 Å². The van der Waals surface area contributed by atoms with Gasteiger partial charge in [-0.25, -0.2) is 0 Å². The second-order valence-electron chi connectivity index (χ2n) is 6.36. The van der Waals surface area contributed by atoms with Crippen LogP contribution < -0.4 is 10.6 Å². The average molecular weight is 374 g/mol. The summed E-state index contributed by atoms with van der Waals surface area (Å²) < 4.78 is 0. The molecule has 138 valence electrons. The number of nitrogens with one attached hydrogen (secondary N) is 2. The summed E-state index contributed by atoms with van der Waals surface area (Å²) in [5.74, 6) is -0.213. The lowest BCUT2D eigenvalue weighted by molar-refractivity contribution is -0.119. The van der Waals surface area contributed by atoms with Gasteiger partial charge in [0.2, 0.25) is 11.8 Å². The maximum absolute atomic E-state index is 12.2. The Labute approximate surface area is 159 Å². The van der Waals surface area contributed by atoms with E-state index in [2.05, 4.69) is 10.6 Å². The van der Waals surface area contributed by atoms with E-state index in [-0.39, 0.29) is 18.4 Å². The molecule has 2 aromatic carbocycles. The molecule has 0 atom stereocenters. The molecule has 26 heavy (non-hydrogen) atoms. The number of amides is 2. The van der Waals surface area contributed by atoms with Crippen molar-refractivity contribution in [2.45, 2.75) is 20.3 Å². The molecule has 2 amide bonds. The Morgan fingerprint density at radius 2 is 1.65 bits per heavy atom. The van der Waals surface area contributed by atoms with Crippen molar-refractivity contribution in [3.05, 3.63) is 58.6 Å². The normalized spacial score (nSPS) is 10.7. The van der Waals surface area contributed by atoms with Crippen LogP contribution >= 0.6 is 11.6 Å². The van der Waals surface area contributed by atoms with E-state index in [0.29, 0.717) is 23.7 Å². The maximum atomic E-state index is 12.2. The van der Waals surface area contributed by atoms with Crippen molar-refractivity contribution in [1.29, 1.82) is 0 Å². The molecule has 0 radical (unpaired) electrons. The number of rotatable bonds is 7. The quantitative estimate of drug-likeness (QED) is 0.774. The van der Waals surface area contributed by atoms with Crippen LogP contribution in [0.15, 0.2) is 42.5 Å². The Hall–Kier alpha value is -2.37. The molecular weight excluding hydrogens is 350 g/mol. The Bertz CT molecular complexity index is 772. The Balaban J connectivity index is 1.78. The number of halogens is 1. The lowest BCUT2D eigenvalue weighted by Gasteiger charge is -2.17. The number of nitrogens with zero attached hydrogens (tertiary/aromatic N) is 1. The highest BCUT2D eigenvalue weighted by Crippen LogP contribution is 2.19. The van der Waals surface area contributed by atoms with Crippen molar-refractivity contribution in [3.8, 4) is 0 Å². The molecule has 6 heteroatoms. The van der Waals surface area contributed by atoms with Crippen LogP contribution in [0.5, 0.6) is 0 Å². The Kier molecular flexibility index (Phi) is 7.18. The standard InChI is InChI=1S/C20H24ClN3O2/c1-14-6-4-7-15(2)20(14)23-19(26)13-24(3)11-10-18(25)22-17-9-5-8-16(21)12-17/h4-9,12H,10-11,13H2,1-3H3,(H,22,25)(H,23,26). The van der Waals surface area contributed by atoms with Gasteiger partial charge in [-0.15, -0.1) is 0 Å². The summed E-state index contributed by atoms with van der Waals surface area (Å²) in [5, 5.41) is 6.32. The molecule has 0 unspecified atom stereocenters. The second-order valence-corrected chi connectivity index (χ2v) is 6.80. The summed E-state index contributed by atoms with van der Waals surface area (Å²) in [6.07, 6.45) is 0.291. The topological polar surface area (TPSA) is 61.4 Å². The van der Waals surface area contributed by atoms with E-state index in [0.717, 1.165) is 16.8 Å². The van der Waals surface area contributed by atoms with Gasteiger partial charge in [0.15, 0.2) is 0 Å². The molecule has 2 N–H and O–H groups in total. The fourth-order valence-corrected chi connectivity index (χ4v) is 2.79. The molecule has 0 saturated heterocycles. The lowest BCUT2D eigenvalue weighted by Crippen LogP contribution is -2.32. The highest BCUT2D eigenvalue weighted by Gasteiger charge is 2.11. The van der Waals surface area contributed by atoms with Gasteiger partial charge in [0.25, 0.3) is 0 Å². The number of benzene rings is 2. The van der Waals surface area contributed by atoms with E-state index in [1.807, 2.05) is 44.0 Å². The van der Waals surface area contributed by atoms with Gasteiger partial charge in [0, 0.05) is 29.4 Å². The van der Waals surface area contributed by atoms with Gasteiger partial charge in [0.1, 0.15) is 0 Å². The number of hydrogen-bond acceptors (Lipinski definition) is 3. The SMILES string of the molecule is Cc1cccc(C)c1NC(=O)CN(C)CCC(=O)Nc1cccc(Cl)c1. The summed E-state index contributed by atoms with van der Waals surface area (Å²) in [5.41, 5.74) is 3.58. The van der Waals surface area contributed by atoms with Crippen LogP contribution in [0.1, 0.15) is 17.5 Å². The molecule has 0 aliphatic carbocycles. The number of para-hydroxylation sites is 1. The molecule has 0 heterocycles. The van der Waals surface area contributed by atoms with Gasteiger partial charge in [0.05, 0.1) is 6.54 Å².